The van der Waals surface area contributed by atoms with Crippen molar-refractivity contribution >= 4 is 5.97 Å². The van der Waals surface area contributed by atoms with Crippen LogP contribution in [0.2, 0.25) is 0 Å². The molecule has 2 aliphatic rings. The van der Waals surface area contributed by atoms with Gasteiger partial charge in [0.1, 0.15) is 18.3 Å². The largest absolute Gasteiger partial charge is 0.462 e. The minimum absolute atomic E-state index is 0.267. The molecular formula is C14H24O8. The average molecular weight is 320 g/mol. The Kier molecular flexibility index (Phi) is 5.41. The zero-order valence-corrected chi connectivity index (χ0v) is 13.5. The van der Waals surface area contributed by atoms with Crippen LogP contribution in [0.3, 0.4) is 0 Å². The van der Waals surface area contributed by atoms with Crippen LogP contribution >= 0.6 is 0 Å². The van der Waals surface area contributed by atoms with Crippen molar-refractivity contribution in [3.63, 3.8) is 0 Å². The molecule has 2 rings (SSSR count). The van der Waals surface area contributed by atoms with Gasteiger partial charge in [-0.1, -0.05) is 13.8 Å². The van der Waals surface area contributed by atoms with Crippen LogP contribution in [0.15, 0.2) is 0 Å². The normalized spacial score (nSPS) is 42.7. The Balaban J connectivity index is 2.34. The summed E-state index contributed by atoms with van der Waals surface area (Å²) in [6, 6.07) is 0. The summed E-state index contributed by atoms with van der Waals surface area (Å²) >= 11 is 0. The van der Waals surface area contributed by atoms with Gasteiger partial charge in [0.15, 0.2) is 0 Å². The molecule has 0 aromatic rings. The smallest absolute Gasteiger partial charge is 0.302 e. The van der Waals surface area contributed by atoms with Crippen LogP contribution in [0.5, 0.6) is 0 Å². The van der Waals surface area contributed by atoms with E-state index in [2.05, 4.69) is 4.89 Å². The number of hydrogen-bond acceptors (Lipinski definition) is 8. The van der Waals surface area contributed by atoms with Crippen molar-refractivity contribution in [1.29, 1.82) is 0 Å². The van der Waals surface area contributed by atoms with Crippen LogP contribution in [-0.4, -0.2) is 62.4 Å². The van der Waals surface area contributed by atoms with Crippen LogP contribution in [0.1, 0.15) is 20.8 Å². The van der Waals surface area contributed by atoms with E-state index < -0.39 is 30.3 Å². The molecule has 1 N–H and O–H groups in total. The topological polar surface area (TPSA) is 96.0 Å². The Morgan fingerprint density at radius 3 is 2.41 bits per heavy atom. The van der Waals surface area contributed by atoms with Crippen molar-refractivity contribution in [3.05, 3.63) is 0 Å². The van der Waals surface area contributed by atoms with Crippen molar-refractivity contribution in [2.24, 2.45) is 11.8 Å². The van der Waals surface area contributed by atoms with E-state index in [1.54, 1.807) is 0 Å². The van der Waals surface area contributed by atoms with Crippen LogP contribution < -0.4 is 0 Å². The second-order valence-corrected chi connectivity index (χ2v) is 5.76. The van der Waals surface area contributed by atoms with Crippen molar-refractivity contribution in [2.75, 3.05) is 20.8 Å². The Bertz CT molecular complexity index is 394. The van der Waals surface area contributed by atoms with Crippen molar-refractivity contribution < 1.29 is 38.6 Å². The molecule has 0 aromatic heterocycles. The number of methoxy groups -OCH3 is 2. The Morgan fingerprint density at radius 2 is 2.00 bits per heavy atom. The summed E-state index contributed by atoms with van der Waals surface area (Å²) in [5.41, 5.74) is 0. The summed E-state index contributed by atoms with van der Waals surface area (Å²) in [7, 11) is 2.90. The predicted molar refractivity (Wildman–Crippen MR) is 72.7 cm³/mol. The van der Waals surface area contributed by atoms with Crippen molar-refractivity contribution in [1.82, 2.24) is 0 Å². The van der Waals surface area contributed by atoms with E-state index in [4.69, 9.17) is 28.9 Å². The first kappa shape index (κ1) is 17.6. The van der Waals surface area contributed by atoms with Crippen LogP contribution in [-0.2, 0) is 33.4 Å². The minimum atomic E-state index is -1.09. The molecule has 8 nitrogen and oxygen atoms in total. The second-order valence-electron chi connectivity index (χ2n) is 5.76. The highest BCUT2D eigenvalue weighted by Gasteiger charge is 2.62. The maximum absolute atomic E-state index is 11.5. The predicted octanol–water partition coefficient (Wildman–Crippen LogP) is 0.793. The number of carbonyl (C=O) groups is 1. The third-order valence-corrected chi connectivity index (χ3v) is 4.49. The van der Waals surface area contributed by atoms with Crippen LogP contribution in [0, 0.1) is 11.8 Å². The lowest BCUT2D eigenvalue weighted by atomic mass is 9.79. The van der Waals surface area contributed by atoms with Gasteiger partial charge in [-0.3, -0.25) is 4.79 Å². The van der Waals surface area contributed by atoms with E-state index in [0.717, 1.165) is 0 Å². The molecular weight excluding hydrogens is 296 g/mol. The van der Waals surface area contributed by atoms with E-state index in [0.29, 0.717) is 6.61 Å². The number of hydrogen-bond donors (Lipinski definition) is 1. The summed E-state index contributed by atoms with van der Waals surface area (Å²) in [5, 5.41) is 9.04. The monoisotopic (exact) mass is 320 g/mol. The third-order valence-electron chi connectivity index (χ3n) is 4.49. The zero-order valence-electron chi connectivity index (χ0n) is 13.5. The lowest BCUT2D eigenvalue weighted by Gasteiger charge is -2.50. The first-order chi connectivity index (χ1) is 10.4. The summed E-state index contributed by atoms with van der Waals surface area (Å²) in [4.78, 5) is 15.8. The van der Waals surface area contributed by atoms with Gasteiger partial charge in [-0.05, 0) is 0 Å². The summed E-state index contributed by atoms with van der Waals surface area (Å²) in [5.74, 6) is -2.04. The Hall–Kier alpha value is -0.770. The van der Waals surface area contributed by atoms with Gasteiger partial charge in [-0.2, -0.15) is 0 Å². The molecule has 2 fully saturated rings. The van der Waals surface area contributed by atoms with Gasteiger partial charge in [0, 0.05) is 27.1 Å². The molecule has 8 heteroatoms. The number of esters is 1. The molecule has 0 bridgehead atoms. The van der Waals surface area contributed by atoms with E-state index >= 15 is 0 Å². The van der Waals surface area contributed by atoms with Gasteiger partial charge < -0.3 is 23.7 Å². The molecule has 22 heavy (non-hydrogen) atoms. The van der Waals surface area contributed by atoms with Crippen LogP contribution in [0.4, 0.5) is 0 Å². The number of ether oxygens (including phenoxy) is 5. The van der Waals surface area contributed by atoms with Gasteiger partial charge >= 0.3 is 5.97 Å². The molecule has 0 amide bonds. The molecule has 128 valence electrons. The van der Waals surface area contributed by atoms with E-state index in [1.165, 1.54) is 21.1 Å². The van der Waals surface area contributed by atoms with Crippen molar-refractivity contribution in [2.45, 2.75) is 51.2 Å². The highest BCUT2D eigenvalue weighted by Crippen LogP contribution is 2.46. The highest BCUT2D eigenvalue weighted by atomic mass is 17.1. The molecule has 0 aromatic carbocycles. The van der Waals surface area contributed by atoms with Gasteiger partial charge in [-0.15, -0.1) is 0 Å². The number of epoxide rings is 1. The second kappa shape index (κ2) is 6.77. The molecule has 0 aliphatic carbocycles. The van der Waals surface area contributed by atoms with Gasteiger partial charge in [0.2, 0.25) is 12.1 Å². The molecule has 0 spiro atoms. The Morgan fingerprint density at radius 1 is 1.36 bits per heavy atom. The summed E-state index contributed by atoms with van der Waals surface area (Å²) < 4.78 is 27.6. The molecule has 7 atom stereocenters. The number of carbonyl (C=O) groups excluding carboxylic acids is 1. The lowest BCUT2D eigenvalue weighted by molar-refractivity contribution is -0.415. The maximum Gasteiger partial charge on any atom is 0.302 e. The highest BCUT2D eigenvalue weighted by molar-refractivity contribution is 5.66. The fourth-order valence-electron chi connectivity index (χ4n) is 3.26. The average Bonchev–Trinajstić information content (AvgIpc) is 3.32. The molecule has 0 saturated carbocycles. The summed E-state index contributed by atoms with van der Waals surface area (Å²) in [6.45, 7) is 5.56. The standard InChI is InChI=1S/C14H24O8/c1-7-11(20-9(3)15)8(2)14(18-5,10-6-19-10)21-12(7)13(17-4)22-16/h7-8,10-13,16H,6H2,1-5H3/t7-,8+,10+,11+,12+,13+,14-/m1/s1. The zero-order chi connectivity index (χ0) is 16.5. The molecule has 0 unspecified atom stereocenters. The van der Waals surface area contributed by atoms with Gasteiger partial charge in [-0.25, -0.2) is 10.1 Å². The van der Waals surface area contributed by atoms with E-state index in [-0.39, 0.29) is 17.9 Å². The first-order valence-electron chi connectivity index (χ1n) is 7.26. The van der Waals surface area contributed by atoms with Gasteiger partial charge in [0.25, 0.3) is 0 Å². The summed E-state index contributed by atoms with van der Waals surface area (Å²) in [6.07, 6.45) is -2.49. The lowest BCUT2D eigenvalue weighted by Crippen LogP contribution is -2.64. The molecule has 2 heterocycles. The minimum Gasteiger partial charge on any atom is -0.462 e. The quantitative estimate of drug-likeness (QED) is 0.252. The number of rotatable bonds is 6. The van der Waals surface area contributed by atoms with Crippen molar-refractivity contribution in [3.8, 4) is 0 Å². The van der Waals surface area contributed by atoms with Crippen LogP contribution in [0.25, 0.3) is 0 Å². The fourth-order valence-corrected chi connectivity index (χ4v) is 3.26. The third kappa shape index (κ3) is 2.99. The maximum atomic E-state index is 11.5. The van der Waals surface area contributed by atoms with E-state index in [1.807, 2.05) is 13.8 Å². The Labute approximate surface area is 129 Å². The molecule has 2 aliphatic heterocycles. The molecule has 2 saturated heterocycles. The SMILES string of the molecule is CO[C@@H](OO)[C@H]1O[C@@](OC)([C@@H]2CO2)[C@@H](C)[C@@H](OC(C)=O)[C@H]1C. The van der Waals surface area contributed by atoms with Gasteiger partial charge in [0.05, 0.1) is 12.5 Å². The first-order valence-corrected chi connectivity index (χ1v) is 7.26. The fraction of sp³-hybridized carbons (Fsp3) is 0.929. The van der Waals surface area contributed by atoms with E-state index in [9.17, 15) is 4.79 Å². The molecule has 0 radical (unpaired) electrons.